The zero-order chi connectivity index (χ0) is 13.8. The SMILES string of the molecule is CCNC(=O)CN1CCCC(C(C)(C)C(=O)O)C1. The van der Waals surface area contributed by atoms with Gasteiger partial charge < -0.3 is 10.4 Å². The molecule has 1 aliphatic heterocycles. The lowest BCUT2D eigenvalue weighted by molar-refractivity contribution is -0.151. The fourth-order valence-electron chi connectivity index (χ4n) is 2.42. The van der Waals surface area contributed by atoms with Gasteiger partial charge in [0.2, 0.25) is 5.91 Å². The Morgan fingerprint density at radius 1 is 1.44 bits per heavy atom. The largest absolute Gasteiger partial charge is 0.481 e. The van der Waals surface area contributed by atoms with Gasteiger partial charge in [-0.2, -0.15) is 0 Å². The van der Waals surface area contributed by atoms with Crippen LogP contribution >= 0.6 is 0 Å². The van der Waals surface area contributed by atoms with Gasteiger partial charge in [-0.3, -0.25) is 14.5 Å². The molecule has 0 aromatic heterocycles. The molecule has 1 rings (SSSR count). The molecule has 1 amide bonds. The first-order valence-corrected chi connectivity index (χ1v) is 6.60. The third kappa shape index (κ3) is 3.70. The summed E-state index contributed by atoms with van der Waals surface area (Å²) >= 11 is 0. The molecule has 0 spiro atoms. The van der Waals surface area contributed by atoms with Crippen molar-refractivity contribution in [2.24, 2.45) is 11.3 Å². The number of carbonyl (C=O) groups excluding carboxylic acids is 1. The second kappa shape index (κ2) is 6.18. The zero-order valence-electron chi connectivity index (χ0n) is 11.5. The number of likely N-dealkylation sites (tertiary alicyclic amines) is 1. The van der Waals surface area contributed by atoms with E-state index < -0.39 is 11.4 Å². The van der Waals surface area contributed by atoms with Crippen molar-refractivity contribution in [1.29, 1.82) is 0 Å². The summed E-state index contributed by atoms with van der Waals surface area (Å²) in [5.74, 6) is -0.628. The molecule has 5 nitrogen and oxygen atoms in total. The summed E-state index contributed by atoms with van der Waals surface area (Å²) in [6.07, 6.45) is 1.88. The molecular formula is C13H24N2O3. The van der Waals surface area contributed by atoms with Crippen LogP contribution in [0.2, 0.25) is 0 Å². The molecule has 0 radical (unpaired) electrons. The van der Waals surface area contributed by atoms with Crippen molar-refractivity contribution in [3.8, 4) is 0 Å². The summed E-state index contributed by atoms with van der Waals surface area (Å²) in [6.45, 7) is 8.02. The Morgan fingerprint density at radius 3 is 2.67 bits per heavy atom. The number of carbonyl (C=O) groups is 2. The maximum atomic E-state index is 11.5. The minimum atomic E-state index is -0.757. The van der Waals surface area contributed by atoms with Gasteiger partial charge in [0.25, 0.3) is 0 Å². The zero-order valence-corrected chi connectivity index (χ0v) is 11.5. The summed E-state index contributed by atoms with van der Waals surface area (Å²) in [7, 11) is 0. The van der Waals surface area contributed by atoms with Crippen molar-refractivity contribution < 1.29 is 14.7 Å². The topological polar surface area (TPSA) is 69.6 Å². The molecule has 1 unspecified atom stereocenters. The molecule has 18 heavy (non-hydrogen) atoms. The van der Waals surface area contributed by atoms with E-state index in [1.807, 2.05) is 6.92 Å². The molecule has 0 aromatic carbocycles. The Morgan fingerprint density at radius 2 is 2.11 bits per heavy atom. The highest BCUT2D eigenvalue weighted by molar-refractivity contribution is 5.78. The van der Waals surface area contributed by atoms with Gasteiger partial charge in [-0.15, -0.1) is 0 Å². The van der Waals surface area contributed by atoms with E-state index >= 15 is 0 Å². The maximum absolute atomic E-state index is 11.5. The van der Waals surface area contributed by atoms with E-state index in [0.717, 1.165) is 19.4 Å². The Balaban J connectivity index is 2.56. The summed E-state index contributed by atoms with van der Waals surface area (Å²) in [5, 5.41) is 12.0. The summed E-state index contributed by atoms with van der Waals surface area (Å²) < 4.78 is 0. The van der Waals surface area contributed by atoms with Gasteiger partial charge in [-0.25, -0.2) is 0 Å². The van der Waals surface area contributed by atoms with E-state index in [1.165, 1.54) is 0 Å². The van der Waals surface area contributed by atoms with Crippen molar-refractivity contribution in [2.45, 2.75) is 33.6 Å². The fraction of sp³-hybridized carbons (Fsp3) is 0.846. The minimum Gasteiger partial charge on any atom is -0.481 e. The highest BCUT2D eigenvalue weighted by atomic mass is 16.4. The van der Waals surface area contributed by atoms with Gasteiger partial charge in [0.05, 0.1) is 12.0 Å². The quantitative estimate of drug-likeness (QED) is 0.768. The molecule has 104 valence electrons. The van der Waals surface area contributed by atoms with E-state index in [-0.39, 0.29) is 11.8 Å². The Hall–Kier alpha value is -1.10. The molecule has 5 heteroatoms. The summed E-state index contributed by atoms with van der Waals surface area (Å²) in [5.41, 5.74) is -0.722. The first kappa shape index (κ1) is 15.0. The molecule has 0 aromatic rings. The molecule has 0 aliphatic carbocycles. The van der Waals surface area contributed by atoms with E-state index in [4.69, 9.17) is 0 Å². The third-order valence-electron chi connectivity index (χ3n) is 3.82. The highest BCUT2D eigenvalue weighted by Crippen LogP contribution is 2.34. The number of hydrogen-bond acceptors (Lipinski definition) is 3. The second-order valence-corrected chi connectivity index (χ2v) is 5.55. The number of carboxylic acid groups (broad SMARTS) is 1. The Bertz CT molecular complexity index is 315. The monoisotopic (exact) mass is 256 g/mol. The van der Waals surface area contributed by atoms with Crippen molar-refractivity contribution in [2.75, 3.05) is 26.2 Å². The summed E-state index contributed by atoms with van der Waals surface area (Å²) in [6, 6.07) is 0. The molecule has 0 bridgehead atoms. The lowest BCUT2D eigenvalue weighted by atomic mass is 9.74. The van der Waals surface area contributed by atoms with Crippen molar-refractivity contribution >= 4 is 11.9 Å². The van der Waals surface area contributed by atoms with E-state index in [9.17, 15) is 14.7 Å². The number of rotatable bonds is 5. The number of nitrogens with zero attached hydrogens (tertiary/aromatic N) is 1. The van der Waals surface area contributed by atoms with Crippen LogP contribution in [0.25, 0.3) is 0 Å². The van der Waals surface area contributed by atoms with Crippen LogP contribution in [0.5, 0.6) is 0 Å². The van der Waals surface area contributed by atoms with Crippen LogP contribution in [0.1, 0.15) is 33.6 Å². The van der Waals surface area contributed by atoms with Crippen LogP contribution in [0.3, 0.4) is 0 Å². The number of piperidine rings is 1. The average Bonchev–Trinajstić information content (AvgIpc) is 2.29. The Kier molecular flexibility index (Phi) is 5.14. The molecule has 1 heterocycles. The van der Waals surface area contributed by atoms with Gasteiger partial charge in [0.1, 0.15) is 0 Å². The number of likely N-dealkylation sites (N-methyl/N-ethyl adjacent to an activating group) is 1. The predicted molar refractivity (Wildman–Crippen MR) is 69.3 cm³/mol. The van der Waals surface area contributed by atoms with Crippen LogP contribution in [-0.4, -0.2) is 48.1 Å². The number of hydrogen-bond donors (Lipinski definition) is 2. The lowest BCUT2D eigenvalue weighted by Crippen LogP contribution is -2.47. The van der Waals surface area contributed by atoms with E-state index in [1.54, 1.807) is 13.8 Å². The van der Waals surface area contributed by atoms with Crippen LogP contribution in [0.4, 0.5) is 0 Å². The first-order valence-electron chi connectivity index (χ1n) is 6.60. The van der Waals surface area contributed by atoms with Crippen LogP contribution in [0.15, 0.2) is 0 Å². The van der Waals surface area contributed by atoms with Crippen LogP contribution in [0, 0.1) is 11.3 Å². The number of amides is 1. The molecule has 0 saturated carbocycles. The molecule has 1 fully saturated rings. The number of aliphatic carboxylic acids is 1. The minimum absolute atomic E-state index is 0.0197. The maximum Gasteiger partial charge on any atom is 0.309 e. The van der Waals surface area contributed by atoms with Gasteiger partial charge in [-0.1, -0.05) is 0 Å². The van der Waals surface area contributed by atoms with E-state index in [2.05, 4.69) is 10.2 Å². The average molecular weight is 256 g/mol. The summed E-state index contributed by atoms with van der Waals surface area (Å²) in [4.78, 5) is 24.8. The van der Waals surface area contributed by atoms with Gasteiger partial charge in [0.15, 0.2) is 0 Å². The van der Waals surface area contributed by atoms with Gasteiger partial charge in [-0.05, 0) is 46.1 Å². The molecule has 1 saturated heterocycles. The predicted octanol–water partition coefficient (Wildman–Crippen LogP) is 0.945. The standard InChI is InChI=1S/C13H24N2O3/c1-4-14-11(16)9-15-7-5-6-10(8-15)13(2,3)12(17)18/h10H,4-9H2,1-3H3,(H,14,16)(H,17,18). The van der Waals surface area contributed by atoms with E-state index in [0.29, 0.717) is 19.6 Å². The fourth-order valence-corrected chi connectivity index (χ4v) is 2.42. The van der Waals surface area contributed by atoms with Crippen molar-refractivity contribution in [3.05, 3.63) is 0 Å². The van der Waals surface area contributed by atoms with Gasteiger partial charge in [0, 0.05) is 13.1 Å². The number of carboxylic acids is 1. The molecular weight excluding hydrogens is 232 g/mol. The number of nitrogens with one attached hydrogen (secondary N) is 1. The second-order valence-electron chi connectivity index (χ2n) is 5.55. The van der Waals surface area contributed by atoms with Crippen molar-refractivity contribution in [3.63, 3.8) is 0 Å². The van der Waals surface area contributed by atoms with Crippen molar-refractivity contribution in [1.82, 2.24) is 10.2 Å². The smallest absolute Gasteiger partial charge is 0.309 e. The Labute approximate surface area is 109 Å². The highest BCUT2D eigenvalue weighted by Gasteiger charge is 2.39. The van der Waals surface area contributed by atoms with Crippen LogP contribution in [-0.2, 0) is 9.59 Å². The van der Waals surface area contributed by atoms with Gasteiger partial charge >= 0.3 is 5.97 Å². The van der Waals surface area contributed by atoms with Crippen LogP contribution < -0.4 is 5.32 Å². The molecule has 2 N–H and O–H groups in total. The first-order chi connectivity index (χ1) is 8.37. The molecule has 1 aliphatic rings. The lowest BCUT2D eigenvalue weighted by Gasteiger charge is -2.38. The molecule has 1 atom stereocenters. The normalized spacial score (nSPS) is 21.6. The third-order valence-corrected chi connectivity index (χ3v) is 3.82.